The van der Waals surface area contributed by atoms with Gasteiger partial charge >= 0.3 is 0 Å². The minimum absolute atomic E-state index is 0.00593. The van der Waals surface area contributed by atoms with Crippen LogP contribution in [-0.2, 0) is 19.1 Å². The molecule has 1 saturated heterocycles. The molecule has 1 fully saturated rings. The van der Waals surface area contributed by atoms with E-state index in [1.165, 1.54) is 7.11 Å². The van der Waals surface area contributed by atoms with Gasteiger partial charge in [0.25, 0.3) is 0 Å². The van der Waals surface area contributed by atoms with E-state index >= 15 is 0 Å². The van der Waals surface area contributed by atoms with E-state index < -0.39 is 0 Å². The first kappa shape index (κ1) is 11.3. The fourth-order valence-electron chi connectivity index (χ4n) is 1.44. The molecule has 4 nitrogen and oxygen atoms in total. The van der Waals surface area contributed by atoms with Gasteiger partial charge in [-0.05, 0) is 12.8 Å². The highest BCUT2D eigenvalue weighted by molar-refractivity contribution is 6.01. The molecule has 0 aromatic heterocycles. The van der Waals surface area contributed by atoms with Crippen molar-refractivity contribution in [3.63, 3.8) is 0 Å². The SMILES string of the molecule is COCCC(=O)CC(=O)C1CCCO1. The maximum atomic E-state index is 11.4. The van der Waals surface area contributed by atoms with E-state index in [0.29, 0.717) is 19.6 Å². The number of rotatable bonds is 6. The number of ketones is 2. The lowest BCUT2D eigenvalue weighted by atomic mass is 10.1. The summed E-state index contributed by atoms with van der Waals surface area (Å²) in [5, 5.41) is 0. The van der Waals surface area contributed by atoms with Crippen molar-refractivity contribution in [2.45, 2.75) is 31.8 Å². The quantitative estimate of drug-likeness (QED) is 0.593. The van der Waals surface area contributed by atoms with Gasteiger partial charge in [0.2, 0.25) is 0 Å². The third-order valence-corrected chi connectivity index (χ3v) is 2.25. The molecule has 4 heteroatoms. The number of Topliss-reactive ketones (excluding diaryl/α,β-unsaturated/α-hetero) is 2. The van der Waals surface area contributed by atoms with Crippen LogP contribution in [0.4, 0.5) is 0 Å². The van der Waals surface area contributed by atoms with Gasteiger partial charge in [-0.15, -0.1) is 0 Å². The molecule has 0 bridgehead atoms. The summed E-state index contributed by atoms with van der Waals surface area (Å²) in [5.41, 5.74) is 0. The predicted molar refractivity (Wildman–Crippen MR) is 50.1 cm³/mol. The van der Waals surface area contributed by atoms with Crippen molar-refractivity contribution in [1.29, 1.82) is 0 Å². The van der Waals surface area contributed by atoms with Gasteiger partial charge in [0, 0.05) is 20.1 Å². The van der Waals surface area contributed by atoms with E-state index in [4.69, 9.17) is 9.47 Å². The van der Waals surface area contributed by atoms with E-state index in [2.05, 4.69) is 0 Å². The van der Waals surface area contributed by atoms with Crippen LogP contribution in [0.5, 0.6) is 0 Å². The van der Waals surface area contributed by atoms with E-state index in [-0.39, 0.29) is 24.1 Å². The number of methoxy groups -OCH3 is 1. The molecular weight excluding hydrogens is 184 g/mol. The summed E-state index contributed by atoms with van der Waals surface area (Å²) in [6.07, 6.45) is 1.66. The maximum Gasteiger partial charge on any atom is 0.168 e. The molecule has 1 aliphatic rings. The molecule has 0 amide bonds. The number of carbonyl (C=O) groups excluding carboxylic acids is 2. The maximum absolute atomic E-state index is 11.4. The average Bonchev–Trinajstić information content (AvgIpc) is 2.67. The van der Waals surface area contributed by atoms with Gasteiger partial charge < -0.3 is 9.47 Å². The minimum atomic E-state index is -0.332. The van der Waals surface area contributed by atoms with E-state index in [1.54, 1.807) is 0 Å². The van der Waals surface area contributed by atoms with Gasteiger partial charge in [-0.2, -0.15) is 0 Å². The Balaban J connectivity index is 2.21. The summed E-state index contributed by atoms with van der Waals surface area (Å²) in [6, 6.07) is 0. The molecular formula is C10H16O4. The number of ether oxygens (including phenoxy) is 2. The monoisotopic (exact) mass is 200 g/mol. The highest BCUT2D eigenvalue weighted by Gasteiger charge is 2.24. The van der Waals surface area contributed by atoms with Crippen LogP contribution in [0.15, 0.2) is 0 Å². The minimum Gasteiger partial charge on any atom is -0.384 e. The third kappa shape index (κ3) is 3.55. The van der Waals surface area contributed by atoms with Gasteiger partial charge in [-0.25, -0.2) is 0 Å². The van der Waals surface area contributed by atoms with Crippen LogP contribution >= 0.6 is 0 Å². The van der Waals surface area contributed by atoms with Crippen LogP contribution in [0.1, 0.15) is 25.7 Å². The Hall–Kier alpha value is -0.740. The van der Waals surface area contributed by atoms with Crippen LogP contribution in [-0.4, -0.2) is 38.0 Å². The fourth-order valence-corrected chi connectivity index (χ4v) is 1.44. The molecule has 0 aromatic carbocycles. The van der Waals surface area contributed by atoms with Crippen molar-refractivity contribution in [3.05, 3.63) is 0 Å². The van der Waals surface area contributed by atoms with Crippen LogP contribution in [0, 0.1) is 0 Å². The van der Waals surface area contributed by atoms with E-state index in [1.807, 2.05) is 0 Å². The van der Waals surface area contributed by atoms with Gasteiger partial charge in [0.15, 0.2) is 5.78 Å². The first-order valence-electron chi connectivity index (χ1n) is 4.89. The molecule has 1 heterocycles. The zero-order chi connectivity index (χ0) is 10.4. The molecule has 1 rings (SSSR count). The average molecular weight is 200 g/mol. The van der Waals surface area contributed by atoms with Crippen LogP contribution in [0.2, 0.25) is 0 Å². The molecule has 1 aliphatic heterocycles. The largest absolute Gasteiger partial charge is 0.384 e. The lowest BCUT2D eigenvalue weighted by molar-refractivity contribution is -0.133. The topological polar surface area (TPSA) is 52.6 Å². The van der Waals surface area contributed by atoms with Crippen molar-refractivity contribution < 1.29 is 19.1 Å². The Morgan fingerprint density at radius 1 is 1.50 bits per heavy atom. The summed E-state index contributed by atoms with van der Waals surface area (Å²) in [4.78, 5) is 22.6. The van der Waals surface area contributed by atoms with Crippen molar-refractivity contribution in [2.75, 3.05) is 20.3 Å². The lowest BCUT2D eigenvalue weighted by Crippen LogP contribution is -2.22. The first-order chi connectivity index (χ1) is 6.74. The molecule has 0 saturated carbocycles. The Kier molecular flexibility index (Phi) is 4.76. The highest BCUT2D eigenvalue weighted by atomic mass is 16.5. The normalized spacial score (nSPS) is 21.1. The summed E-state index contributed by atoms with van der Waals surface area (Å²) in [5.74, 6) is -0.143. The Morgan fingerprint density at radius 3 is 2.86 bits per heavy atom. The molecule has 0 aromatic rings. The first-order valence-corrected chi connectivity index (χ1v) is 4.89. The molecule has 1 unspecified atom stereocenters. The van der Waals surface area contributed by atoms with Gasteiger partial charge in [-0.1, -0.05) is 0 Å². The number of hydrogen-bond acceptors (Lipinski definition) is 4. The van der Waals surface area contributed by atoms with Crippen molar-refractivity contribution in [3.8, 4) is 0 Å². The predicted octanol–water partition coefficient (Wildman–Crippen LogP) is 0.730. The molecule has 80 valence electrons. The zero-order valence-corrected chi connectivity index (χ0v) is 8.45. The third-order valence-electron chi connectivity index (χ3n) is 2.25. The van der Waals surface area contributed by atoms with Gasteiger partial charge in [0.1, 0.15) is 11.9 Å². The summed E-state index contributed by atoms with van der Waals surface area (Å²) in [7, 11) is 1.54. The van der Waals surface area contributed by atoms with Crippen LogP contribution in [0.3, 0.4) is 0 Å². The zero-order valence-electron chi connectivity index (χ0n) is 8.45. The van der Waals surface area contributed by atoms with Gasteiger partial charge in [-0.3, -0.25) is 9.59 Å². The van der Waals surface area contributed by atoms with E-state index in [9.17, 15) is 9.59 Å². The number of carbonyl (C=O) groups is 2. The summed E-state index contributed by atoms with van der Waals surface area (Å²) >= 11 is 0. The molecule has 0 aliphatic carbocycles. The van der Waals surface area contributed by atoms with Gasteiger partial charge in [0.05, 0.1) is 13.0 Å². The second-order valence-electron chi connectivity index (χ2n) is 3.43. The summed E-state index contributed by atoms with van der Waals surface area (Å²) in [6.45, 7) is 1.03. The standard InChI is InChI=1S/C10H16O4/c1-13-6-4-8(11)7-9(12)10-3-2-5-14-10/h10H,2-7H2,1H3. The lowest BCUT2D eigenvalue weighted by Gasteiger charge is -2.06. The Labute approximate surface area is 83.6 Å². The molecule has 1 atom stereocenters. The van der Waals surface area contributed by atoms with E-state index in [0.717, 1.165) is 12.8 Å². The highest BCUT2D eigenvalue weighted by Crippen LogP contribution is 2.14. The molecule has 14 heavy (non-hydrogen) atoms. The Bertz CT molecular complexity index is 206. The second kappa shape index (κ2) is 5.88. The summed E-state index contributed by atoms with van der Waals surface area (Å²) < 4.78 is 9.94. The second-order valence-corrected chi connectivity index (χ2v) is 3.43. The van der Waals surface area contributed by atoms with Crippen molar-refractivity contribution in [1.82, 2.24) is 0 Å². The van der Waals surface area contributed by atoms with Crippen molar-refractivity contribution in [2.24, 2.45) is 0 Å². The number of hydrogen-bond donors (Lipinski definition) is 0. The smallest absolute Gasteiger partial charge is 0.168 e. The van der Waals surface area contributed by atoms with Crippen molar-refractivity contribution >= 4 is 11.6 Å². The Morgan fingerprint density at radius 2 is 2.29 bits per heavy atom. The molecule has 0 radical (unpaired) electrons. The van der Waals surface area contributed by atoms with Crippen LogP contribution < -0.4 is 0 Å². The van der Waals surface area contributed by atoms with Crippen LogP contribution in [0.25, 0.3) is 0 Å². The molecule has 0 spiro atoms. The fraction of sp³-hybridized carbons (Fsp3) is 0.800. The molecule has 0 N–H and O–H groups in total.